The fourth-order valence-corrected chi connectivity index (χ4v) is 2.66. The molecule has 2 aromatic rings. The standard InChI is InChI=1S/C16H21N3O2/c1-12-15(10-17-18-12)13-2-4-14(5-3-13)16(20)11-19-6-8-21-9-7-19/h2-5,10,16,20H,6-9,11H2,1H3,(H,17,18). The van der Waals surface area contributed by atoms with E-state index in [1.165, 1.54) is 0 Å². The quantitative estimate of drug-likeness (QED) is 0.899. The number of aromatic amines is 1. The van der Waals surface area contributed by atoms with Crippen LogP contribution in [0.2, 0.25) is 0 Å². The second kappa shape index (κ2) is 6.39. The third-order valence-corrected chi connectivity index (χ3v) is 3.97. The van der Waals surface area contributed by atoms with Crippen molar-refractivity contribution in [2.45, 2.75) is 13.0 Å². The molecule has 2 N–H and O–H groups in total. The largest absolute Gasteiger partial charge is 0.387 e. The Morgan fingerprint density at radius 1 is 1.29 bits per heavy atom. The summed E-state index contributed by atoms with van der Waals surface area (Å²) < 4.78 is 5.32. The van der Waals surface area contributed by atoms with E-state index >= 15 is 0 Å². The van der Waals surface area contributed by atoms with Gasteiger partial charge in [0, 0.05) is 30.9 Å². The molecule has 5 heteroatoms. The molecular formula is C16H21N3O2. The Kier molecular flexibility index (Phi) is 4.34. The van der Waals surface area contributed by atoms with E-state index < -0.39 is 6.10 Å². The van der Waals surface area contributed by atoms with Crippen LogP contribution in [-0.4, -0.2) is 53.1 Å². The molecule has 0 amide bonds. The number of nitrogens with one attached hydrogen (secondary N) is 1. The van der Waals surface area contributed by atoms with E-state index in [1.54, 1.807) is 0 Å². The van der Waals surface area contributed by atoms with E-state index in [0.29, 0.717) is 6.54 Å². The van der Waals surface area contributed by atoms with E-state index in [4.69, 9.17) is 4.74 Å². The van der Waals surface area contributed by atoms with Crippen LogP contribution in [0.25, 0.3) is 11.1 Å². The Bertz CT molecular complexity index is 573. The van der Waals surface area contributed by atoms with Crippen LogP contribution in [0.5, 0.6) is 0 Å². The Balaban J connectivity index is 1.67. The van der Waals surface area contributed by atoms with Crippen molar-refractivity contribution in [2.75, 3.05) is 32.8 Å². The molecule has 2 heterocycles. The van der Waals surface area contributed by atoms with Gasteiger partial charge in [-0.05, 0) is 18.1 Å². The van der Waals surface area contributed by atoms with E-state index in [-0.39, 0.29) is 0 Å². The molecule has 0 saturated carbocycles. The maximum Gasteiger partial charge on any atom is 0.0916 e. The zero-order valence-electron chi connectivity index (χ0n) is 12.2. The van der Waals surface area contributed by atoms with Crippen molar-refractivity contribution in [3.8, 4) is 11.1 Å². The number of rotatable bonds is 4. The molecular weight excluding hydrogens is 266 g/mol. The van der Waals surface area contributed by atoms with Gasteiger partial charge in [-0.15, -0.1) is 0 Å². The number of ether oxygens (including phenoxy) is 1. The number of aryl methyl sites for hydroxylation is 1. The summed E-state index contributed by atoms with van der Waals surface area (Å²) >= 11 is 0. The molecule has 0 radical (unpaired) electrons. The zero-order valence-corrected chi connectivity index (χ0v) is 12.2. The highest BCUT2D eigenvalue weighted by Crippen LogP contribution is 2.24. The van der Waals surface area contributed by atoms with Crippen molar-refractivity contribution in [2.24, 2.45) is 0 Å². The average Bonchev–Trinajstić information content (AvgIpc) is 2.94. The molecule has 1 unspecified atom stereocenters. The van der Waals surface area contributed by atoms with Crippen LogP contribution in [-0.2, 0) is 4.74 Å². The first-order valence-electron chi connectivity index (χ1n) is 7.32. The van der Waals surface area contributed by atoms with Gasteiger partial charge in [0.1, 0.15) is 0 Å². The first-order chi connectivity index (χ1) is 10.2. The lowest BCUT2D eigenvalue weighted by atomic mass is 10.0. The van der Waals surface area contributed by atoms with Crippen LogP contribution in [0.3, 0.4) is 0 Å². The highest BCUT2D eigenvalue weighted by atomic mass is 16.5. The predicted octanol–water partition coefficient (Wildman–Crippen LogP) is 1.75. The SMILES string of the molecule is Cc1[nH]ncc1-c1ccc(C(O)CN2CCOCC2)cc1. The Labute approximate surface area is 124 Å². The fourth-order valence-electron chi connectivity index (χ4n) is 2.66. The molecule has 0 bridgehead atoms. The maximum atomic E-state index is 10.3. The highest BCUT2D eigenvalue weighted by Gasteiger charge is 2.16. The maximum absolute atomic E-state index is 10.3. The van der Waals surface area contributed by atoms with Gasteiger partial charge >= 0.3 is 0 Å². The third-order valence-electron chi connectivity index (χ3n) is 3.97. The zero-order chi connectivity index (χ0) is 14.7. The summed E-state index contributed by atoms with van der Waals surface area (Å²) in [5, 5.41) is 17.3. The Morgan fingerprint density at radius 2 is 2.00 bits per heavy atom. The number of aliphatic hydroxyl groups is 1. The molecule has 112 valence electrons. The molecule has 3 rings (SSSR count). The summed E-state index contributed by atoms with van der Waals surface area (Å²) in [6.07, 6.45) is 1.37. The molecule has 1 aromatic carbocycles. The molecule has 1 atom stereocenters. The van der Waals surface area contributed by atoms with Crippen molar-refractivity contribution in [3.05, 3.63) is 41.7 Å². The minimum atomic E-state index is -0.456. The number of hydrogen-bond acceptors (Lipinski definition) is 4. The van der Waals surface area contributed by atoms with E-state index in [2.05, 4.69) is 15.1 Å². The lowest BCUT2D eigenvalue weighted by Gasteiger charge is -2.28. The van der Waals surface area contributed by atoms with Crippen LogP contribution in [0.1, 0.15) is 17.4 Å². The summed E-state index contributed by atoms with van der Waals surface area (Å²) in [5.74, 6) is 0. The van der Waals surface area contributed by atoms with E-state index in [9.17, 15) is 5.11 Å². The van der Waals surface area contributed by atoms with Gasteiger partial charge in [0.05, 0.1) is 25.5 Å². The molecule has 0 aliphatic carbocycles. The molecule has 1 saturated heterocycles. The number of aromatic nitrogens is 2. The predicted molar refractivity (Wildman–Crippen MR) is 81.0 cm³/mol. The van der Waals surface area contributed by atoms with Gasteiger partial charge in [0.15, 0.2) is 0 Å². The van der Waals surface area contributed by atoms with Crippen molar-refractivity contribution in [1.29, 1.82) is 0 Å². The van der Waals surface area contributed by atoms with Crippen molar-refractivity contribution in [1.82, 2.24) is 15.1 Å². The van der Waals surface area contributed by atoms with Crippen molar-refractivity contribution in [3.63, 3.8) is 0 Å². The summed E-state index contributed by atoms with van der Waals surface area (Å²) in [5.41, 5.74) is 4.22. The van der Waals surface area contributed by atoms with Gasteiger partial charge < -0.3 is 9.84 Å². The molecule has 21 heavy (non-hydrogen) atoms. The second-order valence-electron chi connectivity index (χ2n) is 5.46. The average molecular weight is 287 g/mol. The van der Waals surface area contributed by atoms with Gasteiger partial charge in [-0.3, -0.25) is 10.00 Å². The molecule has 1 fully saturated rings. The molecule has 1 aliphatic rings. The Morgan fingerprint density at radius 3 is 2.62 bits per heavy atom. The number of β-amino-alcohol motifs (C(OH)–C–C–N with tert-alkyl or cyclic N) is 1. The monoisotopic (exact) mass is 287 g/mol. The summed E-state index contributed by atoms with van der Waals surface area (Å²) in [7, 11) is 0. The summed E-state index contributed by atoms with van der Waals surface area (Å²) in [6.45, 7) is 5.96. The van der Waals surface area contributed by atoms with E-state index in [1.807, 2.05) is 37.4 Å². The van der Waals surface area contributed by atoms with Crippen molar-refractivity contribution < 1.29 is 9.84 Å². The van der Waals surface area contributed by atoms with E-state index in [0.717, 1.165) is 48.7 Å². The van der Waals surface area contributed by atoms with Gasteiger partial charge in [0.25, 0.3) is 0 Å². The van der Waals surface area contributed by atoms with Crippen molar-refractivity contribution >= 4 is 0 Å². The number of hydrogen-bond donors (Lipinski definition) is 2. The fraction of sp³-hybridized carbons (Fsp3) is 0.438. The number of nitrogens with zero attached hydrogens (tertiary/aromatic N) is 2. The van der Waals surface area contributed by atoms with Gasteiger partial charge in [0.2, 0.25) is 0 Å². The highest BCUT2D eigenvalue weighted by molar-refractivity contribution is 5.65. The minimum Gasteiger partial charge on any atom is -0.387 e. The lowest BCUT2D eigenvalue weighted by Crippen LogP contribution is -2.38. The molecule has 0 spiro atoms. The van der Waals surface area contributed by atoms with Gasteiger partial charge in [-0.1, -0.05) is 24.3 Å². The first-order valence-corrected chi connectivity index (χ1v) is 7.32. The first kappa shape index (κ1) is 14.3. The van der Waals surface area contributed by atoms with Crippen LogP contribution >= 0.6 is 0 Å². The van der Waals surface area contributed by atoms with Crippen LogP contribution in [0.4, 0.5) is 0 Å². The van der Waals surface area contributed by atoms with Crippen LogP contribution in [0, 0.1) is 6.92 Å². The van der Waals surface area contributed by atoms with Crippen LogP contribution in [0.15, 0.2) is 30.5 Å². The van der Waals surface area contributed by atoms with Crippen LogP contribution < -0.4 is 0 Å². The smallest absolute Gasteiger partial charge is 0.0916 e. The molecule has 1 aromatic heterocycles. The van der Waals surface area contributed by atoms with Gasteiger partial charge in [-0.2, -0.15) is 5.10 Å². The second-order valence-corrected chi connectivity index (χ2v) is 5.46. The number of benzene rings is 1. The molecule has 5 nitrogen and oxygen atoms in total. The summed E-state index contributed by atoms with van der Waals surface area (Å²) in [6, 6.07) is 8.06. The summed E-state index contributed by atoms with van der Waals surface area (Å²) in [4.78, 5) is 2.24. The topological polar surface area (TPSA) is 61.4 Å². The lowest BCUT2D eigenvalue weighted by molar-refractivity contribution is 0.0143. The third kappa shape index (κ3) is 3.32. The molecule has 1 aliphatic heterocycles. The normalized spacial score (nSPS) is 17.8. The Hall–Kier alpha value is -1.69. The number of aliphatic hydroxyl groups excluding tert-OH is 1. The number of morpholine rings is 1. The number of H-pyrrole nitrogens is 1. The van der Waals surface area contributed by atoms with Gasteiger partial charge in [-0.25, -0.2) is 0 Å². The minimum absolute atomic E-state index is 0.456.